The van der Waals surface area contributed by atoms with Crippen LogP contribution in [-0.4, -0.2) is 42.4 Å². The Bertz CT molecular complexity index is 9780. The predicted molar refractivity (Wildman–Crippen MR) is 625 cm³/mol. The van der Waals surface area contributed by atoms with Crippen LogP contribution in [0.4, 0.5) is 17.1 Å². The number of fused-ring (bicyclic) bond motifs is 23. The molecule has 10 nitrogen and oxygen atoms in total. The Morgan fingerprint density at radius 1 is 0.282 bits per heavy atom. The third-order valence-corrected chi connectivity index (χ3v) is 30.8. The van der Waals surface area contributed by atoms with Gasteiger partial charge in [0, 0.05) is 146 Å². The van der Waals surface area contributed by atoms with E-state index in [1.807, 2.05) is 54.6 Å². The Labute approximate surface area is 863 Å². The van der Waals surface area contributed by atoms with Gasteiger partial charge in [-0.25, -0.2) is 4.98 Å². The lowest BCUT2D eigenvalue weighted by Crippen LogP contribution is -2.10. The second kappa shape index (κ2) is 37.6. The maximum absolute atomic E-state index is 5.14. The molecule has 0 spiro atoms. The third-order valence-electron chi connectivity index (χ3n) is 30.8. The largest absolute Gasteiger partial charge is 0.340 e. The van der Waals surface area contributed by atoms with Gasteiger partial charge in [0.2, 0.25) is 5.95 Å². The Morgan fingerprint density at radius 2 is 0.718 bits per heavy atom. The van der Waals surface area contributed by atoms with Crippen LogP contribution in [0, 0.1) is 11.8 Å². The van der Waals surface area contributed by atoms with Crippen molar-refractivity contribution in [1.82, 2.24) is 42.4 Å². The van der Waals surface area contributed by atoms with E-state index in [0.717, 1.165) is 82.9 Å². The van der Waals surface area contributed by atoms with Gasteiger partial charge in [0.15, 0.2) is 11.6 Å². The molecule has 0 bridgehead atoms. The lowest BCUT2D eigenvalue weighted by atomic mass is 9.88. The Morgan fingerprint density at radius 3 is 1.30 bits per heavy atom. The molecule has 7 heterocycles. The van der Waals surface area contributed by atoms with Gasteiger partial charge in [-0.3, -0.25) is 4.57 Å². The van der Waals surface area contributed by atoms with Crippen LogP contribution in [0.5, 0.6) is 0 Å². The number of hydrogen-bond donors (Lipinski definition) is 0. The summed E-state index contributed by atoms with van der Waals surface area (Å²) in [5, 5.41) is 15.1. The van der Waals surface area contributed by atoms with Crippen LogP contribution in [0.25, 0.3) is 199 Å². The molecular weight excluding hydrogens is 1810 g/mol. The van der Waals surface area contributed by atoms with Gasteiger partial charge in [-0.2, -0.15) is 9.97 Å². The smallest absolute Gasteiger partial charge is 0.238 e. The number of allylic oxidation sites excluding steroid dienone is 10. The minimum Gasteiger partial charge on any atom is -0.340 e. The number of benzene rings is 19. The number of hydrogen-bond acceptors (Lipinski definition) is 4. The van der Waals surface area contributed by atoms with E-state index in [0.29, 0.717) is 29.4 Å². The van der Waals surface area contributed by atoms with E-state index in [2.05, 4.69) is 501 Å². The second-order valence-electron chi connectivity index (χ2n) is 39.3. The van der Waals surface area contributed by atoms with E-state index in [1.165, 1.54) is 181 Å². The monoisotopic (exact) mass is 1910 g/mol. The van der Waals surface area contributed by atoms with Gasteiger partial charge in [-0.15, -0.1) is 0 Å². The number of nitrogens with zero attached hydrogens (tertiary/aromatic N) is 10. The quantitative estimate of drug-likeness (QED) is 0.0809. The molecule has 26 aromatic rings. The first-order valence-electron chi connectivity index (χ1n) is 51.6. The summed E-state index contributed by atoms with van der Waals surface area (Å²) in [5.41, 5.74) is 36.2. The summed E-state index contributed by atoms with van der Waals surface area (Å²) in [6.07, 6.45) is 21.5. The molecule has 708 valence electrons. The van der Waals surface area contributed by atoms with Crippen molar-refractivity contribution in [3.05, 3.63) is 556 Å². The molecule has 0 amide bonds. The summed E-state index contributed by atoms with van der Waals surface area (Å²) in [6, 6.07) is 162. The fourth-order valence-corrected chi connectivity index (χ4v) is 23.8. The summed E-state index contributed by atoms with van der Waals surface area (Å²) in [5.74, 6) is 2.90. The Kier molecular flexibility index (Phi) is 22.4. The van der Waals surface area contributed by atoms with Crippen LogP contribution >= 0.6 is 0 Å². The summed E-state index contributed by atoms with van der Waals surface area (Å²) < 4.78 is 14.7. The SMILES string of the molecule is C=CC1=CCC(Cn2c3ccccc3c3cc4c5ccccc5n(-c5nc(-c6ccccc6)nc(-c6ccccc6)n5)c4cc32)C=C1.C=CC1=CCC(Cn2c3ccccc3c3ccc4c5cc(C6c7ccccc7-c7ccccc76)ccc5n(-c5ccccc5)c4c32)C=C1.C=Cc1ccc(Cn2c3ccc(-c4ccc(N(c5ccccc5)c5ccccc5)cc4)cc3c3ccc4c(c5ccccc5n4-c4ccccc4)c32)cc1. The van der Waals surface area contributed by atoms with Crippen molar-refractivity contribution in [2.24, 2.45) is 11.8 Å². The molecule has 2 atom stereocenters. The van der Waals surface area contributed by atoms with Gasteiger partial charge in [0.05, 0.1) is 49.7 Å². The van der Waals surface area contributed by atoms with Crippen molar-refractivity contribution in [2.75, 3.05) is 4.90 Å². The van der Waals surface area contributed by atoms with Crippen molar-refractivity contribution >= 4 is 154 Å². The highest BCUT2D eigenvalue weighted by atomic mass is 15.2. The number of para-hydroxylation sites is 8. The molecule has 0 radical (unpaired) electrons. The highest BCUT2D eigenvalue weighted by molar-refractivity contribution is 6.27. The van der Waals surface area contributed by atoms with Crippen molar-refractivity contribution in [1.29, 1.82) is 0 Å². The highest BCUT2D eigenvalue weighted by Crippen LogP contribution is 2.52. The molecule has 7 aromatic heterocycles. The summed E-state index contributed by atoms with van der Waals surface area (Å²) in [6.45, 7) is 14.5. The van der Waals surface area contributed by atoms with Gasteiger partial charge in [0.25, 0.3) is 0 Å². The standard InChI is InChI=1S/C51H37N3.C46H34N2.C42H31N5/c1-2-36-22-24-37(25-23-36)35-52-47-32-28-39(38-26-29-43(30-27-38)53(40-14-6-3-7-15-40)41-16-8-4-9-17-41)34-46(47)44-31-33-49-50(51(44)52)45-20-12-13-21-48(45)54(49)42-18-10-5-11-19-42;1-2-30-20-22-31(23-21-30)29-47-42-19-11-10-16-36(42)39-25-26-40-41-28-32(44-37-17-8-6-14-34(37)35-15-7-9-18-38(35)44)24-27-43(41)48(46(40)45(39)47)33-12-4-3-5-13-33;1-2-28-21-23-29(24-22-28)27-46-36-19-11-9-17-32(36)34-25-35-33-18-10-12-20-37(33)47(39(35)26-38(34)46)42-44-40(30-13-5-3-6-14-30)43-41(45-42)31-15-7-4-8-16-31/h2-34H,1,35H2;2-22,24-28,31,44H,1,23,29H2;2-23,25-26,29H,1,24,27H2. The van der Waals surface area contributed by atoms with E-state index >= 15 is 0 Å². The molecule has 19 aromatic carbocycles. The number of rotatable bonds is 19. The summed E-state index contributed by atoms with van der Waals surface area (Å²) in [7, 11) is 0. The van der Waals surface area contributed by atoms with Gasteiger partial charge >= 0.3 is 0 Å². The molecule has 0 N–H and O–H groups in total. The number of aromatic nitrogens is 9. The second-order valence-corrected chi connectivity index (χ2v) is 39.3. The molecule has 149 heavy (non-hydrogen) atoms. The van der Waals surface area contributed by atoms with E-state index in [1.54, 1.807) is 0 Å². The fraction of sp³-hybridized carbons (Fsp3) is 0.0576. The topological polar surface area (TPSA) is 71.5 Å². The summed E-state index contributed by atoms with van der Waals surface area (Å²) >= 11 is 0. The van der Waals surface area contributed by atoms with Gasteiger partial charge < -0.3 is 27.7 Å². The fourth-order valence-electron chi connectivity index (χ4n) is 23.8. The first kappa shape index (κ1) is 88.9. The highest BCUT2D eigenvalue weighted by Gasteiger charge is 2.33. The van der Waals surface area contributed by atoms with Crippen LogP contribution in [0.2, 0.25) is 0 Å². The van der Waals surface area contributed by atoms with Crippen LogP contribution in [0.3, 0.4) is 0 Å². The third kappa shape index (κ3) is 15.6. The Balaban J connectivity index is 0.000000110. The van der Waals surface area contributed by atoms with Crippen LogP contribution in [-0.2, 0) is 19.6 Å². The van der Waals surface area contributed by atoms with Crippen LogP contribution < -0.4 is 4.90 Å². The average Bonchev–Trinajstić information content (AvgIpc) is 1.55. The van der Waals surface area contributed by atoms with Crippen molar-refractivity contribution < 1.29 is 0 Å². The lowest BCUT2D eigenvalue weighted by Gasteiger charge is -2.25. The molecule has 0 saturated heterocycles. The lowest BCUT2D eigenvalue weighted by molar-refractivity contribution is 0.553. The maximum atomic E-state index is 5.14. The molecule has 3 aliphatic carbocycles. The van der Waals surface area contributed by atoms with Crippen molar-refractivity contribution in [2.45, 2.75) is 38.4 Å². The van der Waals surface area contributed by atoms with Crippen LogP contribution in [0.1, 0.15) is 46.6 Å². The first-order valence-corrected chi connectivity index (χ1v) is 51.6. The van der Waals surface area contributed by atoms with Gasteiger partial charge in [-0.1, -0.05) is 396 Å². The average molecular weight is 1910 g/mol. The van der Waals surface area contributed by atoms with Gasteiger partial charge in [0.1, 0.15) is 0 Å². The van der Waals surface area contributed by atoms with Gasteiger partial charge in [-0.05, 0) is 213 Å². The molecule has 3 aliphatic rings. The maximum Gasteiger partial charge on any atom is 0.238 e. The molecule has 0 aliphatic heterocycles. The zero-order valence-corrected chi connectivity index (χ0v) is 82.3. The van der Waals surface area contributed by atoms with Crippen molar-refractivity contribution in [3.8, 4) is 62.4 Å². The zero-order chi connectivity index (χ0) is 99.1. The molecule has 10 heteroatoms. The number of anilines is 3. The predicted octanol–water partition coefficient (Wildman–Crippen LogP) is 35.6. The molecule has 0 saturated carbocycles. The minimum atomic E-state index is 0.207. The Hall–Kier alpha value is -19.0. The molecular formula is C139H102N10. The van der Waals surface area contributed by atoms with Crippen molar-refractivity contribution in [3.63, 3.8) is 0 Å². The van der Waals surface area contributed by atoms with E-state index in [9.17, 15) is 0 Å². The summed E-state index contributed by atoms with van der Waals surface area (Å²) in [4.78, 5) is 17.5. The van der Waals surface area contributed by atoms with E-state index in [-0.39, 0.29) is 5.92 Å². The van der Waals surface area contributed by atoms with Crippen LogP contribution in [0.15, 0.2) is 528 Å². The van der Waals surface area contributed by atoms with E-state index < -0.39 is 0 Å². The normalized spacial score (nSPS) is 13.9. The molecule has 0 fully saturated rings. The molecule has 29 rings (SSSR count). The zero-order valence-electron chi connectivity index (χ0n) is 82.3. The first-order chi connectivity index (χ1) is 73.8. The van der Waals surface area contributed by atoms with E-state index in [4.69, 9.17) is 15.0 Å². The molecule has 2 unspecified atom stereocenters. The minimum absolute atomic E-state index is 0.207.